The summed E-state index contributed by atoms with van der Waals surface area (Å²) in [6, 6.07) is 26.8. The molecule has 0 aliphatic rings. The number of ether oxygens (including phenoxy) is 1. The van der Waals surface area contributed by atoms with Crippen LogP contribution in [0.3, 0.4) is 0 Å². The molecule has 0 spiro atoms. The summed E-state index contributed by atoms with van der Waals surface area (Å²) in [4.78, 5) is 1.21. The van der Waals surface area contributed by atoms with E-state index in [4.69, 9.17) is 4.74 Å². The van der Waals surface area contributed by atoms with Crippen LogP contribution in [0.5, 0.6) is 5.75 Å². The van der Waals surface area contributed by atoms with Gasteiger partial charge in [-0.2, -0.15) is 0 Å². The van der Waals surface area contributed by atoms with E-state index < -0.39 is 0 Å². The van der Waals surface area contributed by atoms with E-state index in [-0.39, 0.29) is 0 Å². The van der Waals surface area contributed by atoms with Gasteiger partial charge in [0.05, 0.1) is 23.1 Å². The summed E-state index contributed by atoms with van der Waals surface area (Å²) in [6.07, 6.45) is 0. The predicted octanol–water partition coefficient (Wildman–Crippen LogP) is 5.98. The van der Waals surface area contributed by atoms with Crippen LogP contribution in [-0.2, 0) is 0 Å². The van der Waals surface area contributed by atoms with Crippen molar-refractivity contribution in [3.05, 3.63) is 90.0 Å². The highest BCUT2D eigenvalue weighted by Crippen LogP contribution is 2.38. The second-order valence-corrected chi connectivity index (χ2v) is 6.67. The van der Waals surface area contributed by atoms with Crippen LogP contribution in [0, 0.1) is 11.8 Å². The van der Waals surface area contributed by atoms with Gasteiger partial charge < -0.3 is 4.74 Å². The van der Waals surface area contributed by atoms with E-state index in [2.05, 4.69) is 60.4 Å². The summed E-state index contributed by atoms with van der Waals surface area (Å²) in [6.45, 7) is 0. The van der Waals surface area contributed by atoms with Gasteiger partial charge in [-0.25, -0.2) is 0 Å². The fourth-order valence-electron chi connectivity index (χ4n) is 2.84. The zero-order chi connectivity index (χ0) is 17.1. The van der Waals surface area contributed by atoms with Crippen LogP contribution >= 0.6 is 11.3 Å². The Labute approximate surface area is 151 Å². The van der Waals surface area contributed by atoms with Crippen LogP contribution in [0.25, 0.3) is 20.5 Å². The largest absolute Gasteiger partial charge is 0.495 e. The van der Waals surface area contributed by atoms with Crippen LogP contribution in [0.15, 0.2) is 78.9 Å². The smallest absolute Gasteiger partial charge is 0.134 e. The monoisotopic (exact) mass is 340 g/mol. The van der Waals surface area contributed by atoms with Crippen molar-refractivity contribution in [1.29, 1.82) is 0 Å². The number of hydrogen-bond acceptors (Lipinski definition) is 2. The minimum absolute atomic E-state index is 0.802. The lowest BCUT2D eigenvalue weighted by atomic mass is 10.1. The van der Waals surface area contributed by atoms with Gasteiger partial charge in [0, 0.05) is 10.1 Å². The van der Waals surface area contributed by atoms with Crippen LogP contribution in [-0.4, -0.2) is 7.11 Å². The third-order valence-electron chi connectivity index (χ3n) is 4.06. The van der Waals surface area contributed by atoms with Crippen LogP contribution < -0.4 is 4.74 Å². The molecule has 0 amide bonds. The summed E-state index contributed by atoms with van der Waals surface area (Å²) < 4.78 is 6.67. The highest BCUT2D eigenvalue weighted by molar-refractivity contribution is 7.22. The first-order valence-electron chi connectivity index (χ1n) is 8.09. The van der Waals surface area contributed by atoms with E-state index in [1.807, 2.05) is 30.3 Å². The van der Waals surface area contributed by atoms with Crippen molar-refractivity contribution in [2.24, 2.45) is 0 Å². The SMILES string of the molecule is COc1ccccc1C#Cc1c(-c2ccccc2)sc2ccccc12. The Morgan fingerprint density at radius 1 is 0.760 bits per heavy atom. The quantitative estimate of drug-likeness (QED) is 0.408. The van der Waals surface area contributed by atoms with Crippen molar-refractivity contribution >= 4 is 21.4 Å². The number of benzene rings is 3. The molecular formula is C23H16OS. The molecule has 0 unspecified atom stereocenters. The first-order chi connectivity index (χ1) is 12.4. The lowest BCUT2D eigenvalue weighted by Gasteiger charge is -2.01. The molecule has 0 radical (unpaired) electrons. The maximum atomic E-state index is 5.42. The van der Waals surface area contributed by atoms with Crippen LogP contribution in [0.4, 0.5) is 0 Å². The van der Waals surface area contributed by atoms with Crippen molar-refractivity contribution in [3.8, 4) is 28.0 Å². The Bertz CT molecular complexity index is 1080. The van der Waals surface area contributed by atoms with E-state index in [1.165, 1.54) is 20.5 Å². The van der Waals surface area contributed by atoms with Gasteiger partial charge in [-0.3, -0.25) is 0 Å². The maximum Gasteiger partial charge on any atom is 0.134 e. The lowest BCUT2D eigenvalue weighted by molar-refractivity contribution is 0.413. The molecule has 0 saturated heterocycles. The van der Waals surface area contributed by atoms with Gasteiger partial charge in [0.25, 0.3) is 0 Å². The van der Waals surface area contributed by atoms with E-state index >= 15 is 0 Å². The molecule has 1 aromatic heterocycles. The van der Waals surface area contributed by atoms with Gasteiger partial charge in [0.2, 0.25) is 0 Å². The first-order valence-corrected chi connectivity index (χ1v) is 8.90. The summed E-state index contributed by atoms with van der Waals surface area (Å²) in [5, 5.41) is 1.20. The van der Waals surface area contributed by atoms with E-state index in [0.29, 0.717) is 0 Å². The van der Waals surface area contributed by atoms with E-state index in [1.54, 1.807) is 18.4 Å². The highest BCUT2D eigenvalue weighted by Gasteiger charge is 2.11. The van der Waals surface area contributed by atoms with E-state index in [9.17, 15) is 0 Å². The standard InChI is InChI=1S/C23H16OS/c1-24-21-13-7-5-9-17(21)15-16-20-19-12-6-8-14-22(19)25-23(20)18-10-3-2-4-11-18/h2-14H,1H3. The highest BCUT2D eigenvalue weighted by atomic mass is 32.1. The maximum absolute atomic E-state index is 5.42. The molecule has 1 heterocycles. The average molecular weight is 340 g/mol. The van der Waals surface area contributed by atoms with Crippen molar-refractivity contribution in [3.63, 3.8) is 0 Å². The minimum atomic E-state index is 0.802. The average Bonchev–Trinajstić information content (AvgIpc) is 3.06. The Kier molecular flexibility index (Phi) is 4.24. The van der Waals surface area contributed by atoms with Crippen LogP contribution in [0.2, 0.25) is 0 Å². The van der Waals surface area contributed by atoms with Gasteiger partial charge in [-0.1, -0.05) is 72.5 Å². The summed E-state index contributed by atoms with van der Waals surface area (Å²) in [7, 11) is 1.68. The third kappa shape index (κ3) is 3.03. The molecule has 1 nitrogen and oxygen atoms in total. The lowest BCUT2D eigenvalue weighted by Crippen LogP contribution is -1.86. The van der Waals surface area contributed by atoms with Gasteiger partial charge in [-0.05, 0) is 23.8 Å². The second-order valence-electron chi connectivity index (χ2n) is 5.62. The number of methoxy groups -OCH3 is 1. The summed E-state index contributed by atoms with van der Waals surface area (Å²) >= 11 is 1.79. The van der Waals surface area contributed by atoms with Gasteiger partial charge in [0.15, 0.2) is 0 Å². The molecule has 0 saturated carbocycles. The molecule has 0 bridgehead atoms. The Morgan fingerprint density at radius 2 is 1.48 bits per heavy atom. The number of hydrogen-bond donors (Lipinski definition) is 0. The molecule has 0 atom stereocenters. The molecule has 0 N–H and O–H groups in total. The predicted molar refractivity (Wildman–Crippen MR) is 106 cm³/mol. The normalized spacial score (nSPS) is 10.3. The number of fused-ring (bicyclic) bond motifs is 1. The van der Waals surface area contributed by atoms with Gasteiger partial charge >= 0.3 is 0 Å². The van der Waals surface area contributed by atoms with E-state index in [0.717, 1.165) is 16.9 Å². The molecule has 25 heavy (non-hydrogen) atoms. The molecule has 120 valence electrons. The van der Waals surface area contributed by atoms with Crippen molar-refractivity contribution in [2.45, 2.75) is 0 Å². The molecule has 4 rings (SSSR count). The molecule has 4 aromatic rings. The minimum Gasteiger partial charge on any atom is -0.495 e. The Hall–Kier alpha value is -3.02. The fraction of sp³-hybridized carbons (Fsp3) is 0.0435. The van der Waals surface area contributed by atoms with Gasteiger partial charge in [0.1, 0.15) is 5.75 Å². The Morgan fingerprint density at radius 3 is 2.32 bits per heavy atom. The molecule has 3 aromatic carbocycles. The zero-order valence-corrected chi connectivity index (χ0v) is 14.6. The van der Waals surface area contributed by atoms with Crippen molar-refractivity contribution < 1.29 is 4.74 Å². The number of rotatable bonds is 2. The first kappa shape index (κ1) is 15.5. The molecule has 0 fully saturated rings. The molecule has 2 heteroatoms. The summed E-state index contributed by atoms with van der Waals surface area (Å²) in [5.74, 6) is 7.51. The fourth-order valence-corrected chi connectivity index (χ4v) is 4.00. The third-order valence-corrected chi connectivity index (χ3v) is 5.28. The molecule has 0 aliphatic heterocycles. The molecule has 0 aliphatic carbocycles. The van der Waals surface area contributed by atoms with Crippen molar-refractivity contribution in [1.82, 2.24) is 0 Å². The van der Waals surface area contributed by atoms with Gasteiger partial charge in [-0.15, -0.1) is 11.3 Å². The molecular weight excluding hydrogens is 324 g/mol. The topological polar surface area (TPSA) is 9.23 Å². The van der Waals surface area contributed by atoms with Crippen molar-refractivity contribution in [2.75, 3.05) is 7.11 Å². The second kappa shape index (κ2) is 6.84. The number of para-hydroxylation sites is 1. The van der Waals surface area contributed by atoms with Crippen LogP contribution in [0.1, 0.15) is 11.1 Å². The Balaban J connectivity index is 1.91. The number of thiophene rings is 1. The zero-order valence-electron chi connectivity index (χ0n) is 13.8. The summed E-state index contributed by atoms with van der Waals surface area (Å²) in [5.41, 5.74) is 3.19.